The summed E-state index contributed by atoms with van der Waals surface area (Å²) in [6.07, 6.45) is 11.3. The zero-order chi connectivity index (χ0) is 21.0. The minimum absolute atomic E-state index is 0.158. The first-order chi connectivity index (χ1) is 14.6. The summed E-state index contributed by atoms with van der Waals surface area (Å²) >= 11 is 0. The molecule has 0 radical (unpaired) electrons. The van der Waals surface area contributed by atoms with E-state index < -0.39 is 0 Å². The van der Waals surface area contributed by atoms with Crippen molar-refractivity contribution in [3.05, 3.63) is 41.7 Å². The van der Waals surface area contributed by atoms with E-state index >= 15 is 0 Å². The van der Waals surface area contributed by atoms with E-state index in [1.54, 1.807) is 0 Å². The highest BCUT2D eigenvalue weighted by atomic mass is 19.1. The van der Waals surface area contributed by atoms with Gasteiger partial charge < -0.3 is 4.74 Å². The number of imide groups is 1. The number of nitrogens with one attached hydrogen (secondary N) is 3. The highest BCUT2D eigenvalue weighted by molar-refractivity contribution is 6.03. The molecule has 0 aromatic heterocycles. The maximum Gasteiger partial charge on any atom is 0.230 e. The van der Waals surface area contributed by atoms with E-state index in [2.05, 4.69) is 16.2 Å². The SMILES string of the molecule is O=C1CC(C/C=C/CCNNC2(c3ccc(F)c(OCC4CCC4)c3)CC2)C(=O)N1. The van der Waals surface area contributed by atoms with Crippen molar-refractivity contribution < 1.29 is 18.7 Å². The molecule has 30 heavy (non-hydrogen) atoms. The van der Waals surface area contributed by atoms with Crippen LogP contribution >= 0.6 is 0 Å². The number of allylic oxidation sites excluding steroid dienone is 1. The molecular weight excluding hydrogens is 385 g/mol. The summed E-state index contributed by atoms with van der Waals surface area (Å²) in [4.78, 5) is 22.7. The Hall–Kier alpha value is -2.25. The Kier molecular flexibility index (Phi) is 6.49. The van der Waals surface area contributed by atoms with Crippen LogP contribution in [0.25, 0.3) is 0 Å². The fourth-order valence-corrected chi connectivity index (χ4v) is 3.95. The molecule has 3 fully saturated rings. The van der Waals surface area contributed by atoms with Crippen LogP contribution in [0.2, 0.25) is 0 Å². The Bertz CT molecular complexity index is 818. The first kappa shape index (κ1) is 21.0. The van der Waals surface area contributed by atoms with E-state index in [0.717, 1.165) is 31.4 Å². The third-order valence-corrected chi connectivity index (χ3v) is 6.35. The lowest BCUT2D eigenvalue weighted by molar-refractivity contribution is -0.125. The molecule has 1 aliphatic heterocycles. The van der Waals surface area contributed by atoms with E-state index in [-0.39, 0.29) is 35.5 Å². The molecule has 6 nitrogen and oxygen atoms in total. The van der Waals surface area contributed by atoms with E-state index in [1.807, 2.05) is 24.3 Å². The van der Waals surface area contributed by atoms with Gasteiger partial charge in [-0.3, -0.25) is 20.3 Å². The van der Waals surface area contributed by atoms with Crippen LogP contribution in [-0.4, -0.2) is 25.0 Å². The van der Waals surface area contributed by atoms with Gasteiger partial charge in [-0.05, 0) is 62.1 Å². The van der Waals surface area contributed by atoms with Crippen molar-refractivity contribution in [2.75, 3.05) is 13.2 Å². The Balaban J connectivity index is 1.20. The fourth-order valence-electron chi connectivity index (χ4n) is 3.95. The van der Waals surface area contributed by atoms with Crippen molar-refractivity contribution in [2.24, 2.45) is 11.8 Å². The number of hydrazine groups is 1. The fraction of sp³-hybridized carbons (Fsp3) is 0.565. The predicted molar refractivity (Wildman–Crippen MR) is 111 cm³/mol. The van der Waals surface area contributed by atoms with Crippen LogP contribution in [0.15, 0.2) is 30.4 Å². The molecule has 3 N–H and O–H groups in total. The molecule has 1 heterocycles. The molecule has 3 aliphatic rings. The van der Waals surface area contributed by atoms with Gasteiger partial charge in [0.2, 0.25) is 11.8 Å². The third kappa shape index (κ3) is 5.08. The summed E-state index contributed by atoms with van der Waals surface area (Å²) in [5.74, 6) is 0.0365. The van der Waals surface area contributed by atoms with Gasteiger partial charge in [0, 0.05) is 13.0 Å². The van der Waals surface area contributed by atoms with Gasteiger partial charge in [-0.1, -0.05) is 24.6 Å². The molecule has 2 aliphatic carbocycles. The molecule has 1 atom stereocenters. The van der Waals surface area contributed by atoms with Crippen LogP contribution in [-0.2, 0) is 15.1 Å². The lowest BCUT2D eigenvalue weighted by Gasteiger charge is -2.25. The number of ether oxygens (including phenoxy) is 1. The van der Waals surface area contributed by atoms with E-state index in [4.69, 9.17) is 4.74 Å². The first-order valence-corrected chi connectivity index (χ1v) is 11.0. The van der Waals surface area contributed by atoms with Crippen LogP contribution < -0.4 is 20.9 Å². The average Bonchev–Trinajstić information content (AvgIpc) is 3.40. The number of carbonyl (C=O) groups is 2. The second kappa shape index (κ2) is 9.27. The maximum atomic E-state index is 14.1. The van der Waals surface area contributed by atoms with Crippen molar-refractivity contribution in [2.45, 2.75) is 56.9 Å². The van der Waals surface area contributed by atoms with E-state index in [0.29, 0.717) is 24.7 Å². The Morgan fingerprint density at radius 1 is 1.23 bits per heavy atom. The first-order valence-electron chi connectivity index (χ1n) is 11.0. The molecule has 1 aromatic carbocycles. The second-order valence-electron chi connectivity index (χ2n) is 8.70. The topological polar surface area (TPSA) is 79.5 Å². The Morgan fingerprint density at radius 3 is 2.73 bits per heavy atom. The number of rotatable bonds is 11. The summed E-state index contributed by atoms with van der Waals surface area (Å²) < 4.78 is 19.9. The summed E-state index contributed by atoms with van der Waals surface area (Å²) in [5.41, 5.74) is 7.55. The molecule has 2 amide bonds. The van der Waals surface area contributed by atoms with Crippen molar-refractivity contribution in [3.63, 3.8) is 0 Å². The number of halogens is 1. The molecule has 4 rings (SSSR count). The zero-order valence-corrected chi connectivity index (χ0v) is 17.2. The average molecular weight is 416 g/mol. The molecular formula is C23H30FN3O3. The third-order valence-electron chi connectivity index (χ3n) is 6.35. The molecule has 7 heteroatoms. The minimum atomic E-state index is -0.301. The molecule has 162 valence electrons. The van der Waals surface area contributed by atoms with Crippen molar-refractivity contribution in [1.29, 1.82) is 0 Å². The number of hydrogen-bond acceptors (Lipinski definition) is 5. The molecule has 1 saturated heterocycles. The summed E-state index contributed by atoms with van der Waals surface area (Å²) in [6, 6.07) is 5.17. The quantitative estimate of drug-likeness (QED) is 0.224. The molecule has 2 saturated carbocycles. The van der Waals surface area contributed by atoms with Crippen molar-refractivity contribution in [1.82, 2.24) is 16.2 Å². The summed E-state index contributed by atoms with van der Waals surface area (Å²) in [7, 11) is 0. The number of hydrogen-bond donors (Lipinski definition) is 3. The predicted octanol–water partition coefficient (Wildman–Crippen LogP) is 3.09. The van der Waals surface area contributed by atoms with Gasteiger partial charge in [0.05, 0.1) is 18.1 Å². The standard InChI is InChI=1S/C23H30FN3O3/c24-19-9-8-18(14-20(19)30-15-16-5-4-6-16)23(10-11-23)27-25-12-3-1-2-7-17-13-21(28)26-22(17)29/h1-2,8-9,14,16-17,25,27H,3-7,10-13,15H2,(H,26,28,29)/b2-1+. The van der Waals surface area contributed by atoms with Gasteiger partial charge in [-0.15, -0.1) is 0 Å². The monoisotopic (exact) mass is 415 g/mol. The van der Waals surface area contributed by atoms with Crippen LogP contribution in [0.5, 0.6) is 5.75 Å². The van der Waals surface area contributed by atoms with E-state index in [1.165, 1.54) is 25.3 Å². The number of carbonyl (C=O) groups excluding carboxylic acids is 2. The van der Waals surface area contributed by atoms with Crippen LogP contribution in [0.4, 0.5) is 4.39 Å². The van der Waals surface area contributed by atoms with Crippen molar-refractivity contribution >= 4 is 11.8 Å². The van der Waals surface area contributed by atoms with Crippen LogP contribution in [0.1, 0.15) is 56.9 Å². The van der Waals surface area contributed by atoms with Gasteiger partial charge in [0.25, 0.3) is 0 Å². The maximum absolute atomic E-state index is 14.1. The van der Waals surface area contributed by atoms with Gasteiger partial charge in [0.15, 0.2) is 11.6 Å². The lowest BCUT2D eigenvalue weighted by atomic mass is 9.86. The highest BCUT2D eigenvalue weighted by Crippen LogP contribution is 2.46. The summed E-state index contributed by atoms with van der Waals surface area (Å²) in [6.45, 7) is 1.34. The van der Waals surface area contributed by atoms with Crippen LogP contribution in [0.3, 0.4) is 0 Å². The lowest BCUT2D eigenvalue weighted by Crippen LogP contribution is -2.41. The molecule has 0 spiro atoms. The van der Waals surface area contributed by atoms with Gasteiger partial charge in [-0.25, -0.2) is 9.82 Å². The Labute approximate surface area is 176 Å². The van der Waals surface area contributed by atoms with Gasteiger partial charge in [-0.2, -0.15) is 0 Å². The highest BCUT2D eigenvalue weighted by Gasteiger charge is 2.44. The van der Waals surface area contributed by atoms with Gasteiger partial charge in [0.1, 0.15) is 0 Å². The van der Waals surface area contributed by atoms with Crippen LogP contribution in [0, 0.1) is 17.7 Å². The van der Waals surface area contributed by atoms with Gasteiger partial charge >= 0.3 is 0 Å². The normalized spacial score (nSPS) is 22.9. The molecule has 1 aromatic rings. The number of benzene rings is 1. The molecule has 1 unspecified atom stereocenters. The second-order valence-corrected chi connectivity index (χ2v) is 8.70. The minimum Gasteiger partial charge on any atom is -0.490 e. The number of amides is 2. The smallest absolute Gasteiger partial charge is 0.230 e. The molecule has 0 bridgehead atoms. The van der Waals surface area contributed by atoms with Crippen molar-refractivity contribution in [3.8, 4) is 5.75 Å². The van der Waals surface area contributed by atoms with E-state index in [9.17, 15) is 14.0 Å². The largest absolute Gasteiger partial charge is 0.490 e. The summed E-state index contributed by atoms with van der Waals surface area (Å²) in [5, 5.41) is 2.33. The Morgan fingerprint density at radius 2 is 2.07 bits per heavy atom. The zero-order valence-electron chi connectivity index (χ0n) is 17.2.